The molecule has 8 heteroatoms. The summed E-state index contributed by atoms with van der Waals surface area (Å²) in [5.41, 5.74) is 3.76. The van der Waals surface area contributed by atoms with Gasteiger partial charge >= 0.3 is 0 Å². The van der Waals surface area contributed by atoms with Gasteiger partial charge in [0, 0.05) is 22.5 Å². The number of para-hydroxylation sites is 1. The number of fused-ring (bicyclic) bond motifs is 1. The maximum Gasteiger partial charge on any atom is 0.287 e. The van der Waals surface area contributed by atoms with Crippen LogP contribution in [0.25, 0.3) is 11.0 Å². The van der Waals surface area contributed by atoms with Crippen LogP contribution >= 0.6 is 11.8 Å². The summed E-state index contributed by atoms with van der Waals surface area (Å²) in [6, 6.07) is 25.4. The number of rotatable bonds is 10. The first-order chi connectivity index (χ1) is 16.6. The number of hydroxylamine groups is 1. The normalized spacial score (nSPS) is 11.7. The molecule has 0 aliphatic rings. The van der Waals surface area contributed by atoms with E-state index in [0.717, 1.165) is 11.1 Å². The highest BCUT2D eigenvalue weighted by Crippen LogP contribution is 2.20. The lowest BCUT2D eigenvalue weighted by molar-refractivity contribution is 0.0706. The fourth-order valence-electron chi connectivity index (χ4n) is 3.34. The molecule has 2 amide bonds. The van der Waals surface area contributed by atoms with E-state index in [0.29, 0.717) is 22.6 Å². The molecule has 0 aliphatic carbocycles. The average Bonchev–Trinajstić information content (AvgIpc) is 3.32. The van der Waals surface area contributed by atoms with Crippen LogP contribution in [-0.2, 0) is 5.75 Å². The lowest BCUT2D eigenvalue weighted by atomic mass is 10.2. The molecule has 0 bridgehead atoms. The quantitative estimate of drug-likeness (QED) is 0.227. The third-order valence-electron chi connectivity index (χ3n) is 5.08. The Balaban J connectivity index is 1.40. The second kappa shape index (κ2) is 11.4. The minimum atomic E-state index is -0.597. The third kappa shape index (κ3) is 6.18. The molecular weight excluding hydrogens is 452 g/mol. The molecular formula is C26H24N2O5S. The van der Waals surface area contributed by atoms with Crippen LogP contribution in [-0.4, -0.2) is 35.4 Å². The SMILES string of the molecule is O=C(NO)c1ccc(OCC(CSCc2ccccc2)NC(=O)c2cc3ccccc3o2)cc1. The number of nitrogens with one attached hydrogen (secondary N) is 2. The number of carbonyl (C=O) groups is 2. The molecule has 1 aromatic heterocycles. The third-order valence-corrected chi connectivity index (χ3v) is 6.26. The predicted octanol–water partition coefficient (Wildman–Crippen LogP) is 4.66. The number of carbonyl (C=O) groups excluding carboxylic acids is 2. The molecule has 0 spiro atoms. The van der Waals surface area contributed by atoms with Crippen molar-refractivity contribution in [1.82, 2.24) is 10.8 Å². The highest BCUT2D eigenvalue weighted by molar-refractivity contribution is 7.98. The fourth-order valence-corrected chi connectivity index (χ4v) is 4.35. The first kappa shape index (κ1) is 23.4. The van der Waals surface area contributed by atoms with E-state index >= 15 is 0 Å². The highest BCUT2D eigenvalue weighted by atomic mass is 32.2. The fraction of sp³-hybridized carbons (Fsp3) is 0.154. The summed E-state index contributed by atoms with van der Waals surface area (Å²) in [5.74, 6) is 1.33. The second-order valence-electron chi connectivity index (χ2n) is 7.60. The molecule has 1 heterocycles. The summed E-state index contributed by atoms with van der Waals surface area (Å²) in [6.07, 6.45) is 0. The van der Waals surface area contributed by atoms with E-state index in [1.807, 2.05) is 42.5 Å². The molecule has 3 aromatic carbocycles. The van der Waals surface area contributed by atoms with Crippen LogP contribution in [0.3, 0.4) is 0 Å². The summed E-state index contributed by atoms with van der Waals surface area (Å²) in [5, 5.41) is 12.6. The topological polar surface area (TPSA) is 101 Å². The van der Waals surface area contributed by atoms with Crippen LogP contribution in [0, 0.1) is 0 Å². The van der Waals surface area contributed by atoms with Gasteiger partial charge in [-0.2, -0.15) is 11.8 Å². The Morgan fingerprint density at radius 2 is 1.68 bits per heavy atom. The Kier molecular flexibility index (Phi) is 7.85. The zero-order valence-electron chi connectivity index (χ0n) is 18.3. The Morgan fingerprint density at radius 3 is 2.41 bits per heavy atom. The van der Waals surface area contributed by atoms with Crippen molar-refractivity contribution in [3.63, 3.8) is 0 Å². The molecule has 0 saturated heterocycles. The van der Waals surface area contributed by atoms with Gasteiger partial charge in [-0.15, -0.1) is 0 Å². The molecule has 7 nitrogen and oxygen atoms in total. The number of benzene rings is 3. The molecule has 4 aromatic rings. The largest absolute Gasteiger partial charge is 0.491 e. The van der Waals surface area contributed by atoms with Crippen LogP contribution in [0.5, 0.6) is 5.75 Å². The number of hydrogen-bond donors (Lipinski definition) is 3. The summed E-state index contributed by atoms with van der Waals surface area (Å²) >= 11 is 1.70. The van der Waals surface area contributed by atoms with E-state index in [4.69, 9.17) is 14.4 Å². The molecule has 174 valence electrons. The maximum absolute atomic E-state index is 12.9. The standard InChI is InChI=1S/C26H24N2O5S/c29-25(28-31)19-10-12-22(13-11-19)32-15-21(17-34-16-18-6-2-1-3-7-18)27-26(30)24-14-20-8-4-5-9-23(20)33-24/h1-14,21,31H,15-17H2,(H,27,30)(H,28,29). The van der Waals surface area contributed by atoms with Crippen LogP contribution in [0.4, 0.5) is 0 Å². The van der Waals surface area contributed by atoms with Crippen molar-refractivity contribution in [2.24, 2.45) is 0 Å². The van der Waals surface area contributed by atoms with E-state index in [2.05, 4.69) is 17.4 Å². The van der Waals surface area contributed by atoms with Crippen molar-refractivity contribution in [2.45, 2.75) is 11.8 Å². The van der Waals surface area contributed by atoms with Gasteiger partial charge in [0.1, 0.15) is 17.9 Å². The second-order valence-corrected chi connectivity index (χ2v) is 8.63. The number of amides is 2. The predicted molar refractivity (Wildman–Crippen MR) is 131 cm³/mol. The molecule has 0 saturated carbocycles. The van der Waals surface area contributed by atoms with Gasteiger partial charge in [-0.3, -0.25) is 14.8 Å². The van der Waals surface area contributed by atoms with Crippen molar-refractivity contribution in [2.75, 3.05) is 12.4 Å². The zero-order chi connectivity index (χ0) is 23.8. The molecule has 1 atom stereocenters. The van der Waals surface area contributed by atoms with Gasteiger partial charge in [-0.25, -0.2) is 5.48 Å². The van der Waals surface area contributed by atoms with Gasteiger partial charge in [0.2, 0.25) is 0 Å². The van der Waals surface area contributed by atoms with Crippen LogP contribution in [0.2, 0.25) is 0 Å². The molecule has 1 unspecified atom stereocenters. The van der Waals surface area contributed by atoms with Crippen LogP contribution < -0.4 is 15.5 Å². The number of ether oxygens (including phenoxy) is 1. The Hall–Kier alpha value is -3.75. The summed E-state index contributed by atoms with van der Waals surface area (Å²) in [4.78, 5) is 24.4. The highest BCUT2D eigenvalue weighted by Gasteiger charge is 2.18. The van der Waals surface area contributed by atoms with Gasteiger partial charge in [-0.05, 0) is 42.0 Å². The smallest absolute Gasteiger partial charge is 0.287 e. The van der Waals surface area contributed by atoms with Crippen molar-refractivity contribution >= 4 is 34.5 Å². The Morgan fingerprint density at radius 1 is 0.941 bits per heavy atom. The Bertz CT molecular complexity index is 1210. The number of furan rings is 1. The van der Waals surface area contributed by atoms with E-state index < -0.39 is 5.91 Å². The summed E-state index contributed by atoms with van der Waals surface area (Å²) in [6.45, 7) is 0.235. The first-order valence-corrected chi connectivity index (χ1v) is 11.9. The van der Waals surface area contributed by atoms with Crippen molar-refractivity contribution in [3.05, 3.63) is 102 Å². The van der Waals surface area contributed by atoms with Crippen molar-refractivity contribution in [1.29, 1.82) is 0 Å². The average molecular weight is 477 g/mol. The first-order valence-electron chi connectivity index (χ1n) is 10.7. The minimum Gasteiger partial charge on any atom is -0.491 e. The maximum atomic E-state index is 12.9. The Labute approximate surface area is 201 Å². The monoisotopic (exact) mass is 476 g/mol. The number of thioether (sulfide) groups is 1. The molecule has 4 rings (SSSR count). The minimum absolute atomic E-state index is 0.235. The van der Waals surface area contributed by atoms with E-state index in [1.165, 1.54) is 5.56 Å². The van der Waals surface area contributed by atoms with Crippen molar-refractivity contribution < 1.29 is 24.0 Å². The molecule has 0 radical (unpaired) electrons. The molecule has 0 fully saturated rings. The van der Waals surface area contributed by atoms with E-state index in [1.54, 1.807) is 47.6 Å². The van der Waals surface area contributed by atoms with Gasteiger partial charge < -0.3 is 14.5 Å². The lowest BCUT2D eigenvalue weighted by Crippen LogP contribution is -2.40. The van der Waals surface area contributed by atoms with Crippen molar-refractivity contribution in [3.8, 4) is 5.75 Å². The van der Waals surface area contributed by atoms with Crippen LogP contribution in [0.1, 0.15) is 26.5 Å². The molecule has 3 N–H and O–H groups in total. The lowest BCUT2D eigenvalue weighted by Gasteiger charge is -2.19. The van der Waals surface area contributed by atoms with Gasteiger partial charge in [0.05, 0.1) is 6.04 Å². The van der Waals surface area contributed by atoms with Crippen LogP contribution in [0.15, 0.2) is 89.3 Å². The van der Waals surface area contributed by atoms with E-state index in [-0.39, 0.29) is 24.3 Å². The molecule has 0 aliphatic heterocycles. The number of hydrogen-bond acceptors (Lipinski definition) is 6. The molecule has 34 heavy (non-hydrogen) atoms. The zero-order valence-corrected chi connectivity index (χ0v) is 19.1. The van der Waals surface area contributed by atoms with Gasteiger partial charge in [0.15, 0.2) is 5.76 Å². The summed E-state index contributed by atoms with van der Waals surface area (Å²) in [7, 11) is 0. The van der Waals surface area contributed by atoms with E-state index in [9.17, 15) is 9.59 Å². The summed E-state index contributed by atoms with van der Waals surface area (Å²) < 4.78 is 11.6. The van der Waals surface area contributed by atoms with Gasteiger partial charge in [-0.1, -0.05) is 48.5 Å². The van der Waals surface area contributed by atoms with Gasteiger partial charge in [0.25, 0.3) is 11.8 Å².